The van der Waals surface area contributed by atoms with Crippen LogP contribution in [0.2, 0.25) is 0 Å². The second kappa shape index (κ2) is 10.8. The van der Waals surface area contributed by atoms with Crippen molar-refractivity contribution in [2.45, 2.75) is 49.0 Å². The van der Waals surface area contributed by atoms with Crippen molar-refractivity contribution in [1.29, 1.82) is 0 Å². The third-order valence-corrected chi connectivity index (χ3v) is 9.66. The Morgan fingerprint density at radius 3 is 1.40 bits per heavy atom. The van der Waals surface area contributed by atoms with Gasteiger partial charge in [0.05, 0.1) is 33.8 Å². The largest absolute Gasteiger partial charge is 0.465 e. The van der Waals surface area contributed by atoms with Crippen LogP contribution in [0.3, 0.4) is 0 Å². The Morgan fingerprint density at radius 1 is 0.800 bits per heavy atom. The molecule has 0 fully saturated rings. The van der Waals surface area contributed by atoms with Gasteiger partial charge >= 0.3 is 11.9 Å². The van der Waals surface area contributed by atoms with Gasteiger partial charge in [-0.2, -0.15) is 0 Å². The molecule has 2 aromatic rings. The molecule has 166 valence electrons. The Labute approximate surface area is 193 Å². The minimum atomic E-state index is -0.412. The summed E-state index contributed by atoms with van der Waals surface area (Å²) in [5, 5.41) is 0.924. The highest BCUT2D eigenvalue weighted by atomic mass is 33.1. The van der Waals surface area contributed by atoms with Gasteiger partial charge in [-0.25, -0.2) is 9.59 Å². The molecule has 0 atom stereocenters. The molecule has 4 N–H and O–H groups in total. The standard InChI is InChI=1S/C20H28N2O4S4/c1-9(2)7-11-13(17(23)25-5)15(21)27-19(11)29-30-20-12(8-10(3)4)14(16(22)28-20)18(24)26-6/h9-10H,7-8,21-22H2,1-6H3. The number of esters is 2. The first-order valence-electron chi connectivity index (χ1n) is 9.43. The number of rotatable bonds is 9. The molecule has 0 aliphatic heterocycles. The van der Waals surface area contributed by atoms with Crippen molar-refractivity contribution in [2.24, 2.45) is 11.8 Å². The van der Waals surface area contributed by atoms with Gasteiger partial charge in [0, 0.05) is 0 Å². The van der Waals surface area contributed by atoms with Gasteiger partial charge < -0.3 is 20.9 Å². The van der Waals surface area contributed by atoms with Gasteiger partial charge in [0.15, 0.2) is 0 Å². The van der Waals surface area contributed by atoms with E-state index >= 15 is 0 Å². The molecular weight excluding hydrogens is 460 g/mol. The quantitative estimate of drug-likeness (QED) is 0.340. The molecule has 0 aliphatic rings. The maximum absolute atomic E-state index is 12.3. The maximum atomic E-state index is 12.3. The maximum Gasteiger partial charge on any atom is 0.341 e. The Hall–Kier alpha value is -1.36. The minimum absolute atomic E-state index is 0.353. The van der Waals surface area contributed by atoms with Gasteiger partial charge in [-0.3, -0.25) is 0 Å². The van der Waals surface area contributed by atoms with Crippen molar-refractivity contribution in [2.75, 3.05) is 25.7 Å². The van der Waals surface area contributed by atoms with E-state index in [-0.39, 0.29) is 0 Å². The van der Waals surface area contributed by atoms with E-state index in [1.54, 1.807) is 0 Å². The predicted molar refractivity (Wildman–Crippen MR) is 129 cm³/mol. The molecule has 30 heavy (non-hydrogen) atoms. The van der Waals surface area contributed by atoms with Crippen molar-refractivity contribution in [1.82, 2.24) is 0 Å². The molecule has 0 saturated heterocycles. The lowest BCUT2D eigenvalue weighted by Gasteiger charge is -2.10. The van der Waals surface area contributed by atoms with E-state index in [0.29, 0.717) is 33.0 Å². The normalized spacial score (nSPS) is 11.3. The molecule has 0 aliphatic carbocycles. The van der Waals surface area contributed by atoms with Gasteiger partial charge in [0.1, 0.15) is 10.0 Å². The van der Waals surface area contributed by atoms with E-state index in [0.717, 1.165) is 32.4 Å². The molecule has 2 aromatic heterocycles. The summed E-state index contributed by atoms with van der Waals surface area (Å²) in [7, 11) is 5.80. The predicted octanol–water partition coefficient (Wildman–Crippen LogP) is 5.74. The average molecular weight is 489 g/mol. The molecule has 0 aromatic carbocycles. The summed E-state index contributed by atoms with van der Waals surface area (Å²) in [6, 6.07) is 0. The van der Waals surface area contributed by atoms with E-state index < -0.39 is 11.9 Å². The molecular formula is C20H28N2O4S4. The second-order valence-corrected chi connectivity index (χ2v) is 12.3. The monoisotopic (exact) mass is 488 g/mol. The Kier molecular flexibility index (Phi) is 8.96. The van der Waals surface area contributed by atoms with Crippen LogP contribution >= 0.6 is 44.3 Å². The molecule has 0 amide bonds. The van der Waals surface area contributed by atoms with E-state index in [2.05, 4.69) is 27.7 Å². The summed E-state index contributed by atoms with van der Waals surface area (Å²) >= 11 is 2.78. The summed E-state index contributed by atoms with van der Waals surface area (Å²) in [5.74, 6) is -0.117. The summed E-state index contributed by atoms with van der Waals surface area (Å²) in [5.41, 5.74) is 15.1. The number of ether oxygens (including phenoxy) is 2. The number of hydrogen-bond donors (Lipinski definition) is 2. The third kappa shape index (κ3) is 5.66. The molecule has 6 nitrogen and oxygen atoms in total. The van der Waals surface area contributed by atoms with Crippen LogP contribution in [-0.4, -0.2) is 26.2 Å². The fraction of sp³-hybridized carbons (Fsp3) is 0.500. The molecule has 0 unspecified atom stereocenters. The van der Waals surface area contributed by atoms with Crippen LogP contribution in [0.4, 0.5) is 10.0 Å². The summed E-state index contributed by atoms with van der Waals surface area (Å²) < 4.78 is 11.8. The highest BCUT2D eigenvalue weighted by Crippen LogP contribution is 2.51. The fourth-order valence-electron chi connectivity index (χ4n) is 2.98. The zero-order valence-corrected chi connectivity index (χ0v) is 21.3. The number of hydrogen-bond acceptors (Lipinski definition) is 10. The first kappa shape index (κ1) is 24.9. The SMILES string of the molecule is COC(=O)c1c(N)sc(SSc2sc(N)c(C(=O)OC)c2CC(C)C)c1CC(C)C. The lowest BCUT2D eigenvalue weighted by atomic mass is 10.0. The van der Waals surface area contributed by atoms with Crippen molar-refractivity contribution >= 4 is 66.2 Å². The van der Waals surface area contributed by atoms with Gasteiger partial charge in [0.25, 0.3) is 0 Å². The highest BCUT2D eigenvalue weighted by Gasteiger charge is 2.27. The minimum Gasteiger partial charge on any atom is -0.465 e. The number of thiophene rings is 2. The van der Waals surface area contributed by atoms with Crippen LogP contribution < -0.4 is 11.5 Å². The Morgan fingerprint density at radius 2 is 1.13 bits per heavy atom. The zero-order valence-electron chi connectivity index (χ0n) is 18.0. The number of carbonyl (C=O) groups excluding carboxylic acids is 2. The second-order valence-electron chi connectivity index (χ2n) is 7.56. The van der Waals surface area contributed by atoms with Gasteiger partial charge in [0.2, 0.25) is 0 Å². The number of methoxy groups -OCH3 is 2. The van der Waals surface area contributed by atoms with Crippen LogP contribution in [0.5, 0.6) is 0 Å². The number of anilines is 2. The summed E-state index contributed by atoms with van der Waals surface area (Å²) in [6.07, 6.45) is 1.44. The van der Waals surface area contributed by atoms with E-state index in [1.165, 1.54) is 58.5 Å². The first-order chi connectivity index (χ1) is 14.1. The van der Waals surface area contributed by atoms with Crippen LogP contribution in [0.25, 0.3) is 0 Å². The lowest BCUT2D eigenvalue weighted by Crippen LogP contribution is -2.08. The fourth-order valence-corrected chi connectivity index (χ4v) is 8.43. The number of carbonyl (C=O) groups is 2. The molecule has 2 heterocycles. The van der Waals surface area contributed by atoms with Gasteiger partial charge in [-0.05, 0) is 57.4 Å². The van der Waals surface area contributed by atoms with E-state index in [1.807, 2.05) is 0 Å². The third-order valence-electron chi connectivity index (χ3n) is 4.19. The van der Waals surface area contributed by atoms with Gasteiger partial charge in [-0.15, -0.1) is 22.7 Å². The molecule has 10 heteroatoms. The smallest absolute Gasteiger partial charge is 0.341 e. The van der Waals surface area contributed by atoms with Crippen molar-refractivity contribution < 1.29 is 19.1 Å². The average Bonchev–Trinajstić information content (AvgIpc) is 3.14. The number of nitrogen functional groups attached to an aromatic ring is 2. The number of nitrogens with two attached hydrogens (primary N) is 2. The van der Waals surface area contributed by atoms with Crippen LogP contribution in [0, 0.1) is 11.8 Å². The van der Waals surface area contributed by atoms with E-state index in [9.17, 15) is 9.59 Å². The molecule has 0 spiro atoms. The highest BCUT2D eigenvalue weighted by molar-refractivity contribution is 8.77. The molecule has 0 bridgehead atoms. The van der Waals surface area contributed by atoms with Crippen LogP contribution in [0.15, 0.2) is 8.42 Å². The topological polar surface area (TPSA) is 105 Å². The summed E-state index contributed by atoms with van der Waals surface area (Å²) in [4.78, 5) is 24.6. The van der Waals surface area contributed by atoms with Crippen LogP contribution in [0.1, 0.15) is 59.5 Å². The van der Waals surface area contributed by atoms with E-state index in [4.69, 9.17) is 20.9 Å². The molecule has 2 rings (SSSR count). The van der Waals surface area contributed by atoms with Crippen molar-refractivity contribution in [3.63, 3.8) is 0 Å². The van der Waals surface area contributed by atoms with Crippen LogP contribution in [-0.2, 0) is 22.3 Å². The lowest BCUT2D eigenvalue weighted by molar-refractivity contribution is 0.0591. The summed E-state index contributed by atoms with van der Waals surface area (Å²) in [6.45, 7) is 8.39. The van der Waals surface area contributed by atoms with Gasteiger partial charge in [-0.1, -0.05) is 27.7 Å². The first-order valence-corrected chi connectivity index (χ1v) is 13.2. The Balaban J connectivity index is 2.41. The molecule has 0 radical (unpaired) electrons. The van der Waals surface area contributed by atoms with Crippen molar-refractivity contribution in [3.8, 4) is 0 Å². The Bertz CT molecular complexity index is 844. The van der Waals surface area contributed by atoms with Crippen molar-refractivity contribution in [3.05, 3.63) is 22.3 Å². The molecule has 0 saturated carbocycles. The zero-order chi connectivity index (χ0) is 22.6.